The van der Waals surface area contributed by atoms with Crippen molar-refractivity contribution in [1.82, 2.24) is 0 Å². The zero-order valence-corrected chi connectivity index (χ0v) is 9.54. The van der Waals surface area contributed by atoms with Crippen LogP contribution >= 0.6 is 0 Å². The molecule has 0 amide bonds. The molecule has 0 aliphatic heterocycles. The SMILES string of the molecule is [Sn][CH2]CC[CH2][Sn]. The van der Waals surface area contributed by atoms with Crippen molar-refractivity contribution in [2.24, 2.45) is 0 Å². The van der Waals surface area contributed by atoms with E-state index in [4.69, 9.17) is 0 Å². The van der Waals surface area contributed by atoms with E-state index >= 15 is 0 Å². The molecule has 0 unspecified atom stereocenters. The van der Waals surface area contributed by atoms with E-state index in [1.54, 1.807) is 45.0 Å². The molecule has 0 rings (SSSR count). The van der Waals surface area contributed by atoms with Gasteiger partial charge in [0.25, 0.3) is 0 Å². The number of hydrogen-bond donors (Lipinski definition) is 0. The third-order valence-corrected chi connectivity index (χ3v) is 2.62. The first-order valence-corrected chi connectivity index (χ1v) is 6.24. The first-order valence-electron chi connectivity index (χ1n) is 2.21. The fourth-order valence-electron chi connectivity index (χ4n) is 0.250. The van der Waals surface area contributed by atoms with Crippen molar-refractivity contribution >= 4 is 45.0 Å². The number of hydrogen-bond acceptors (Lipinski definition) is 0. The fraction of sp³-hybridized carbons (Fsp3) is 1.00. The van der Waals surface area contributed by atoms with Gasteiger partial charge in [-0.15, -0.1) is 0 Å². The Hall–Kier alpha value is 1.60. The average Bonchev–Trinajstić information content (AvgIpc) is 1.61. The maximum absolute atomic E-state index is 1.70. The van der Waals surface area contributed by atoms with Gasteiger partial charge in [-0.2, -0.15) is 0 Å². The molecule has 0 aliphatic carbocycles. The Kier molecular flexibility index (Phi) is 8.35. The summed E-state index contributed by atoms with van der Waals surface area (Å²) >= 11 is 3.41. The molecule has 0 spiro atoms. The Balaban J connectivity index is 2.34. The molecule has 0 heterocycles. The molecule has 0 aromatic rings. The van der Waals surface area contributed by atoms with Crippen LogP contribution in [0.5, 0.6) is 0 Å². The molecule has 6 radical (unpaired) electrons. The molecule has 0 N–H and O–H groups in total. The Morgan fingerprint density at radius 2 is 1.17 bits per heavy atom. The van der Waals surface area contributed by atoms with Crippen LogP contribution in [0.2, 0.25) is 8.87 Å². The van der Waals surface area contributed by atoms with Gasteiger partial charge in [-0.05, 0) is 0 Å². The van der Waals surface area contributed by atoms with Crippen LogP contribution in [0, 0.1) is 0 Å². The second kappa shape index (κ2) is 6.60. The van der Waals surface area contributed by atoms with E-state index in [2.05, 4.69) is 0 Å². The molecule has 0 bridgehead atoms. The summed E-state index contributed by atoms with van der Waals surface area (Å²) in [4.78, 5) is 0. The van der Waals surface area contributed by atoms with Crippen LogP contribution in [0.4, 0.5) is 0 Å². The summed E-state index contributed by atoms with van der Waals surface area (Å²) in [6.07, 6.45) is 2.95. The van der Waals surface area contributed by atoms with Crippen LogP contribution in [0.3, 0.4) is 0 Å². The fourth-order valence-corrected chi connectivity index (χ4v) is 1.68. The monoisotopic (exact) mass is 296 g/mol. The second-order valence-corrected chi connectivity index (χ2v) is 4.06. The Morgan fingerprint density at radius 3 is 1.33 bits per heavy atom. The van der Waals surface area contributed by atoms with Gasteiger partial charge < -0.3 is 0 Å². The Labute approximate surface area is 66.3 Å². The van der Waals surface area contributed by atoms with Gasteiger partial charge in [0.1, 0.15) is 0 Å². The van der Waals surface area contributed by atoms with Crippen molar-refractivity contribution in [3.8, 4) is 0 Å². The van der Waals surface area contributed by atoms with Gasteiger partial charge in [-0.25, -0.2) is 0 Å². The van der Waals surface area contributed by atoms with Crippen molar-refractivity contribution in [2.75, 3.05) is 0 Å². The third kappa shape index (κ3) is 5.60. The maximum atomic E-state index is 1.70. The van der Waals surface area contributed by atoms with E-state index in [-0.39, 0.29) is 0 Å². The summed E-state index contributed by atoms with van der Waals surface area (Å²) in [7, 11) is 0. The first-order chi connectivity index (χ1) is 2.91. The molecule has 6 heavy (non-hydrogen) atoms. The summed E-state index contributed by atoms with van der Waals surface area (Å²) < 4.78 is 2.92. The first kappa shape index (κ1) is 7.60. The van der Waals surface area contributed by atoms with E-state index in [9.17, 15) is 0 Å². The van der Waals surface area contributed by atoms with Crippen LogP contribution in [-0.4, -0.2) is 45.0 Å². The molecule has 32 valence electrons. The van der Waals surface area contributed by atoms with Crippen LogP contribution in [0.1, 0.15) is 12.8 Å². The van der Waals surface area contributed by atoms with E-state index in [0.717, 1.165) is 0 Å². The molecule has 0 aromatic carbocycles. The van der Waals surface area contributed by atoms with Crippen LogP contribution in [0.15, 0.2) is 0 Å². The van der Waals surface area contributed by atoms with E-state index in [1.807, 2.05) is 0 Å². The number of rotatable bonds is 3. The Bertz CT molecular complexity index is 17.5. The van der Waals surface area contributed by atoms with Gasteiger partial charge in [-0.3, -0.25) is 0 Å². The molecule has 0 nitrogen and oxygen atoms in total. The van der Waals surface area contributed by atoms with Crippen molar-refractivity contribution in [3.05, 3.63) is 0 Å². The standard InChI is InChI=1S/C4H8.2Sn/c1-3-4-2;;/h1-4H2;;. The van der Waals surface area contributed by atoms with Gasteiger partial charge in [0.2, 0.25) is 0 Å². The zero-order chi connectivity index (χ0) is 4.83. The molecule has 0 aromatic heterocycles. The molecule has 0 fully saturated rings. The molecular weight excluding hydrogens is 285 g/mol. The second-order valence-electron chi connectivity index (χ2n) is 1.21. The number of unbranched alkanes of at least 4 members (excludes halogenated alkanes) is 1. The summed E-state index contributed by atoms with van der Waals surface area (Å²) in [5.74, 6) is 0. The van der Waals surface area contributed by atoms with Crippen molar-refractivity contribution in [2.45, 2.75) is 21.7 Å². The minimum absolute atomic E-state index is 1.46. The predicted octanol–water partition coefficient (Wildman–Crippen LogP) is 0.940. The molecule has 0 saturated carbocycles. The van der Waals surface area contributed by atoms with Crippen LogP contribution in [0.25, 0.3) is 0 Å². The Morgan fingerprint density at radius 1 is 0.833 bits per heavy atom. The normalized spacial score (nSPS) is 9.00. The van der Waals surface area contributed by atoms with Gasteiger partial charge >= 0.3 is 66.8 Å². The van der Waals surface area contributed by atoms with Crippen LogP contribution in [-0.2, 0) is 0 Å². The third-order valence-electron chi connectivity index (χ3n) is 0.604. The van der Waals surface area contributed by atoms with E-state index < -0.39 is 0 Å². The molecule has 2 heteroatoms. The summed E-state index contributed by atoms with van der Waals surface area (Å²) in [5.41, 5.74) is 0. The molecule has 0 atom stereocenters. The van der Waals surface area contributed by atoms with E-state index in [0.29, 0.717) is 0 Å². The molecular formula is C4H8Sn2. The van der Waals surface area contributed by atoms with Crippen molar-refractivity contribution < 1.29 is 0 Å². The van der Waals surface area contributed by atoms with Gasteiger partial charge in [0.15, 0.2) is 0 Å². The average molecular weight is 294 g/mol. The summed E-state index contributed by atoms with van der Waals surface area (Å²) in [5, 5.41) is 0. The molecule has 0 saturated heterocycles. The van der Waals surface area contributed by atoms with Crippen molar-refractivity contribution in [3.63, 3.8) is 0 Å². The topological polar surface area (TPSA) is 0 Å². The van der Waals surface area contributed by atoms with Crippen molar-refractivity contribution in [1.29, 1.82) is 0 Å². The predicted molar refractivity (Wildman–Crippen MR) is 30.4 cm³/mol. The van der Waals surface area contributed by atoms with Crippen LogP contribution < -0.4 is 0 Å². The molecule has 0 aliphatic rings. The zero-order valence-electron chi connectivity index (χ0n) is 3.83. The van der Waals surface area contributed by atoms with Gasteiger partial charge in [0, 0.05) is 0 Å². The summed E-state index contributed by atoms with van der Waals surface area (Å²) in [6.45, 7) is 0. The quantitative estimate of drug-likeness (QED) is 0.537. The minimum atomic E-state index is 1.46. The van der Waals surface area contributed by atoms with E-state index in [1.165, 1.54) is 21.7 Å². The summed E-state index contributed by atoms with van der Waals surface area (Å²) in [6, 6.07) is 0. The van der Waals surface area contributed by atoms with Gasteiger partial charge in [0.05, 0.1) is 0 Å². The van der Waals surface area contributed by atoms with Gasteiger partial charge in [-0.1, -0.05) is 0 Å².